The first-order chi connectivity index (χ1) is 12.6. The second-order valence-electron chi connectivity index (χ2n) is 7.32. The monoisotopic (exact) mass is 360 g/mol. The molecule has 0 aliphatic carbocycles. The van der Waals surface area contributed by atoms with E-state index in [1.54, 1.807) is 4.90 Å². The van der Waals surface area contributed by atoms with Crippen molar-refractivity contribution in [3.8, 4) is 0 Å². The van der Waals surface area contributed by atoms with Gasteiger partial charge in [-0.25, -0.2) is 0 Å². The number of likely N-dealkylation sites (tertiary alicyclic amines) is 1. The lowest BCUT2D eigenvalue weighted by atomic mass is 9.92. The van der Waals surface area contributed by atoms with Gasteiger partial charge in [-0.3, -0.25) is 14.5 Å². The molecule has 1 atom stereocenters. The van der Waals surface area contributed by atoms with Crippen LogP contribution in [0.3, 0.4) is 0 Å². The zero-order valence-electron chi connectivity index (χ0n) is 15.2. The molecular weight excluding hydrogens is 332 g/mol. The zero-order chi connectivity index (χ0) is 18.4. The summed E-state index contributed by atoms with van der Waals surface area (Å²) in [6.07, 6.45) is 2.52. The fraction of sp³-hybridized carbons (Fsp3) is 0.600. The van der Waals surface area contributed by atoms with E-state index in [9.17, 15) is 9.59 Å². The van der Waals surface area contributed by atoms with E-state index in [-0.39, 0.29) is 18.4 Å². The summed E-state index contributed by atoms with van der Waals surface area (Å²) in [5, 5.41) is 9.04. The molecule has 26 heavy (non-hydrogen) atoms. The molecule has 2 aliphatic heterocycles. The minimum absolute atomic E-state index is 0.0404. The molecule has 1 aromatic rings. The van der Waals surface area contributed by atoms with E-state index in [4.69, 9.17) is 9.84 Å². The summed E-state index contributed by atoms with van der Waals surface area (Å²) in [7, 11) is 0. The van der Waals surface area contributed by atoms with Crippen molar-refractivity contribution in [2.24, 2.45) is 5.92 Å². The number of carboxylic acid groups (broad SMARTS) is 1. The number of ether oxygens (including phenoxy) is 1. The molecule has 0 unspecified atom stereocenters. The smallest absolute Gasteiger partial charge is 0.305 e. The maximum Gasteiger partial charge on any atom is 0.305 e. The Balaban J connectivity index is 1.46. The first kappa shape index (κ1) is 18.9. The average molecular weight is 360 g/mol. The van der Waals surface area contributed by atoms with Crippen LogP contribution in [0, 0.1) is 5.92 Å². The number of carbonyl (C=O) groups is 2. The van der Waals surface area contributed by atoms with E-state index >= 15 is 0 Å². The summed E-state index contributed by atoms with van der Waals surface area (Å²) >= 11 is 0. The first-order valence-electron chi connectivity index (χ1n) is 9.47. The SMILES string of the molecule is O=C(O)C[C@@H]1COCCN1C(=O)CC1CCN(Cc2ccccc2)CC1. The molecule has 2 fully saturated rings. The van der Waals surface area contributed by atoms with Crippen LogP contribution in [0.15, 0.2) is 30.3 Å². The van der Waals surface area contributed by atoms with Gasteiger partial charge in [0.05, 0.1) is 25.7 Å². The number of aliphatic carboxylic acids is 1. The molecule has 1 aromatic carbocycles. The van der Waals surface area contributed by atoms with Gasteiger partial charge in [-0.2, -0.15) is 0 Å². The van der Waals surface area contributed by atoms with Gasteiger partial charge >= 0.3 is 5.97 Å². The molecule has 6 nitrogen and oxygen atoms in total. The van der Waals surface area contributed by atoms with Crippen molar-refractivity contribution in [2.75, 3.05) is 32.8 Å². The van der Waals surface area contributed by atoms with Crippen molar-refractivity contribution < 1.29 is 19.4 Å². The van der Waals surface area contributed by atoms with Gasteiger partial charge in [-0.05, 0) is 37.4 Å². The predicted octanol–water partition coefficient (Wildman–Crippen LogP) is 1.99. The van der Waals surface area contributed by atoms with Crippen molar-refractivity contribution in [3.05, 3.63) is 35.9 Å². The first-order valence-corrected chi connectivity index (χ1v) is 9.47. The molecule has 0 aromatic heterocycles. The second kappa shape index (κ2) is 9.14. The summed E-state index contributed by atoms with van der Waals surface area (Å²) in [6, 6.07) is 10.1. The van der Waals surface area contributed by atoms with Crippen LogP contribution in [0.5, 0.6) is 0 Å². The topological polar surface area (TPSA) is 70.1 Å². The highest BCUT2D eigenvalue weighted by molar-refractivity contribution is 5.78. The van der Waals surface area contributed by atoms with Gasteiger partial charge in [0.2, 0.25) is 5.91 Å². The van der Waals surface area contributed by atoms with Gasteiger partial charge < -0.3 is 14.7 Å². The van der Waals surface area contributed by atoms with Crippen LogP contribution in [0.25, 0.3) is 0 Å². The van der Waals surface area contributed by atoms with E-state index in [1.807, 2.05) is 6.07 Å². The summed E-state index contributed by atoms with van der Waals surface area (Å²) in [5.41, 5.74) is 1.33. The quantitative estimate of drug-likeness (QED) is 0.840. The summed E-state index contributed by atoms with van der Waals surface area (Å²) in [6.45, 7) is 4.31. The highest BCUT2D eigenvalue weighted by atomic mass is 16.5. The Kier molecular flexibility index (Phi) is 6.63. The van der Waals surface area contributed by atoms with E-state index in [2.05, 4.69) is 29.2 Å². The van der Waals surface area contributed by atoms with Crippen LogP contribution in [0.2, 0.25) is 0 Å². The third-order valence-corrected chi connectivity index (χ3v) is 5.38. The number of piperidine rings is 1. The molecule has 0 bridgehead atoms. The Labute approximate surface area is 154 Å². The number of carbonyl (C=O) groups excluding carboxylic acids is 1. The molecule has 6 heteroatoms. The van der Waals surface area contributed by atoms with Crippen LogP contribution < -0.4 is 0 Å². The van der Waals surface area contributed by atoms with Crippen molar-refractivity contribution in [3.63, 3.8) is 0 Å². The summed E-state index contributed by atoms with van der Waals surface area (Å²) < 4.78 is 5.36. The van der Waals surface area contributed by atoms with Gasteiger partial charge in [0.1, 0.15) is 0 Å². The van der Waals surface area contributed by atoms with Crippen LogP contribution in [0.1, 0.15) is 31.2 Å². The molecule has 1 amide bonds. The highest BCUT2D eigenvalue weighted by Crippen LogP contribution is 2.24. The van der Waals surface area contributed by atoms with Crippen LogP contribution in [-0.4, -0.2) is 65.7 Å². The maximum absolute atomic E-state index is 12.7. The Hall–Kier alpha value is -1.92. The number of hydrogen-bond acceptors (Lipinski definition) is 4. The van der Waals surface area contributed by atoms with Gasteiger partial charge in [0, 0.05) is 19.5 Å². The predicted molar refractivity (Wildman–Crippen MR) is 97.6 cm³/mol. The standard InChI is InChI=1S/C20H28N2O4/c23-19(22-10-11-26-15-18(22)13-20(24)25)12-16-6-8-21(9-7-16)14-17-4-2-1-3-5-17/h1-5,16,18H,6-15H2,(H,24,25)/t18-/m1/s1. The number of nitrogens with zero attached hydrogens (tertiary/aromatic N) is 2. The molecule has 0 saturated carbocycles. The Morgan fingerprint density at radius 3 is 2.50 bits per heavy atom. The van der Waals surface area contributed by atoms with Gasteiger partial charge in [-0.1, -0.05) is 30.3 Å². The fourth-order valence-electron chi connectivity index (χ4n) is 3.91. The van der Waals surface area contributed by atoms with E-state index in [0.717, 1.165) is 32.5 Å². The van der Waals surface area contributed by atoms with E-state index in [0.29, 0.717) is 32.1 Å². The summed E-state index contributed by atoms with van der Waals surface area (Å²) in [5.74, 6) is -0.406. The molecule has 142 valence electrons. The maximum atomic E-state index is 12.7. The average Bonchev–Trinajstić information content (AvgIpc) is 2.64. The van der Waals surface area contributed by atoms with Gasteiger partial charge in [0.15, 0.2) is 0 Å². The van der Waals surface area contributed by atoms with Gasteiger partial charge in [0.25, 0.3) is 0 Å². The number of benzene rings is 1. The number of rotatable bonds is 6. The molecule has 0 spiro atoms. The fourth-order valence-corrected chi connectivity index (χ4v) is 3.91. The zero-order valence-corrected chi connectivity index (χ0v) is 15.2. The summed E-state index contributed by atoms with van der Waals surface area (Å²) in [4.78, 5) is 27.9. The largest absolute Gasteiger partial charge is 0.481 e. The molecular formula is C20H28N2O4. The second-order valence-corrected chi connectivity index (χ2v) is 7.32. The molecule has 2 aliphatic rings. The number of carboxylic acids is 1. The number of morpholine rings is 1. The Morgan fingerprint density at radius 2 is 1.81 bits per heavy atom. The number of hydrogen-bond donors (Lipinski definition) is 1. The van der Waals surface area contributed by atoms with Crippen molar-refractivity contribution >= 4 is 11.9 Å². The molecule has 3 rings (SSSR count). The number of amides is 1. The lowest BCUT2D eigenvalue weighted by molar-refractivity contribution is -0.147. The minimum Gasteiger partial charge on any atom is -0.481 e. The highest BCUT2D eigenvalue weighted by Gasteiger charge is 2.31. The van der Waals surface area contributed by atoms with Crippen LogP contribution >= 0.6 is 0 Å². The molecule has 2 saturated heterocycles. The molecule has 1 N–H and O–H groups in total. The third kappa shape index (κ3) is 5.29. The Bertz CT molecular complexity index is 599. The van der Waals surface area contributed by atoms with E-state index < -0.39 is 5.97 Å². The van der Waals surface area contributed by atoms with E-state index in [1.165, 1.54) is 5.56 Å². The van der Waals surface area contributed by atoms with Crippen LogP contribution in [0.4, 0.5) is 0 Å². The van der Waals surface area contributed by atoms with Gasteiger partial charge in [-0.15, -0.1) is 0 Å². The lowest BCUT2D eigenvalue weighted by Gasteiger charge is -2.37. The van der Waals surface area contributed by atoms with Crippen molar-refractivity contribution in [1.82, 2.24) is 9.80 Å². The minimum atomic E-state index is -0.882. The van der Waals surface area contributed by atoms with Crippen molar-refractivity contribution in [2.45, 2.75) is 38.3 Å². The normalized spacial score (nSPS) is 22.3. The molecule has 0 radical (unpaired) electrons. The van der Waals surface area contributed by atoms with Crippen molar-refractivity contribution in [1.29, 1.82) is 0 Å². The third-order valence-electron chi connectivity index (χ3n) is 5.38. The Morgan fingerprint density at radius 1 is 1.08 bits per heavy atom. The van der Waals surface area contributed by atoms with Crippen LogP contribution in [-0.2, 0) is 20.9 Å². The lowest BCUT2D eigenvalue weighted by Crippen LogP contribution is -2.50. The molecule has 2 heterocycles.